The SMILES string of the molecule is CC1(C)CC(Nc2nc(F)c(F)cc2F)CCO1. The zero-order valence-electron chi connectivity index (χ0n) is 10.3. The number of hydrogen-bond donors (Lipinski definition) is 1. The summed E-state index contributed by atoms with van der Waals surface area (Å²) in [6.45, 7) is 4.39. The van der Waals surface area contributed by atoms with Crippen LogP contribution in [-0.4, -0.2) is 23.2 Å². The monoisotopic (exact) mass is 260 g/mol. The molecule has 6 heteroatoms. The van der Waals surface area contributed by atoms with Gasteiger partial charge >= 0.3 is 0 Å². The first-order valence-corrected chi connectivity index (χ1v) is 5.79. The molecule has 1 aliphatic heterocycles. The molecule has 2 heterocycles. The van der Waals surface area contributed by atoms with Gasteiger partial charge in [0, 0.05) is 18.7 Å². The molecule has 0 aromatic carbocycles. The average Bonchev–Trinajstić information content (AvgIpc) is 2.24. The Morgan fingerprint density at radius 3 is 2.72 bits per heavy atom. The van der Waals surface area contributed by atoms with Gasteiger partial charge < -0.3 is 10.1 Å². The summed E-state index contributed by atoms with van der Waals surface area (Å²) in [4.78, 5) is 3.25. The lowest BCUT2D eigenvalue weighted by molar-refractivity contribution is -0.0554. The van der Waals surface area contributed by atoms with Crippen molar-refractivity contribution in [1.82, 2.24) is 4.98 Å². The quantitative estimate of drug-likeness (QED) is 0.830. The summed E-state index contributed by atoms with van der Waals surface area (Å²) in [6, 6.07) is 0.426. The zero-order valence-corrected chi connectivity index (χ0v) is 10.3. The van der Waals surface area contributed by atoms with E-state index >= 15 is 0 Å². The summed E-state index contributed by atoms with van der Waals surface area (Å²) in [5, 5.41) is 2.80. The van der Waals surface area contributed by atoms with Gasteiger partial charge in [0.05, 0.1) is 5.60 Å². The van der Waals surface area contributed by atoms with E-state index in [1.165, 1.54) is 0 Å². The number of hydrogen-bond acceptors (Lipinski definition) is 3. The third kappa shape index (κ3) is 2.93. The van der Waals surface area contributed by atoms with E-state index in [0.717, 1.165) is 0 Å². The lowest BCUT2D eigenvalue weighted by Gasteiger charge is -2.36. The predicted octanol–water partition coefficient (Wildman–Crippen LogP) is 2.87. The van der Waals surface area contributed by atoms with Crippen LogP contribution in [0.4, 0.5) is 19.0 Å². The molecule has 0 aliphatic carbocycles. The molecule has 1 aliphatic rings. The molecule has 0 bridgehead atoms. The molecule has 0 spiro atoms. The molecule has 2 rings (SSSR count). The minimum Gasteiger partial charge on any atom is -0.375 e. The summed E-state index contributed by atoms with van der Waals surface area (Å²) in [6.07, 6.45) is 1.32. The molecule has 0 saturated carbocycles. The standard InChI is InChI=1S/C12H15F3N2O/c1-12(2)6-7(3-4-18-12)16-11-9(14)5-8(13)10(15)17-11/h5,7H,3-4,6H2,1-2H3,(H,16,17). The van der Waals surface area contributed by atoms with Gasteiger partial charge in [-0.2, -0.15) is 9.37 Å². The fourth-order valence-corrected chi connectivity index (χ4v) is 2.09. The fraction of sp³-hybridized carbons (Fsp3) is 0.583. The maximum absolute atomic E-state index is 13.4. The molecular formula is C12H15F3N2O. The van der Waals surface area contributed by atoms with Crippen molar-refractivity contribution in [2.75, 3.05) is 11.9 Å². The van der Waals surface area contributed by atoms with Crippen molar-refractivity contribution in [3.8, 4) is 0 Å². The van der Waals surface area contributed by atoms with Crippen molar-refractivity contribution < 1.29 is 17.9 Å². The van der Waals surface area contributed by atoms with Crippen molar-refractivity contribution in [1.29, 1.82) is 0 Å². The van der Waals surface area contributed by atoms with E-state index < -0.39 is 17.6 Å². The van der Waals surface area contributed by atoms with E-state index in [0.29, 0.717) is 25.5 Å². The Hall–Kier alpha value is -1.30. The number of nitrogens with zero attached hydrogens (tertiary/aromatic N) is 1. The number of halogens is 3. The van der Waals surface area contributed by atoms with E-state index in [2.05, 4.69) is 10.3 Å². The first kappa shape index (κ1) is 13.1. The molecule has 1 saturated heterocycles. The second-order valence-corrected chi connectivity index (χ2v) is 5.03. The van der Waals surface area contributed by atoms with Crippen molar-refractivity contribution >= 4 is 5.82 Å². The summed E-state index contributed by atoms with van der Waals surface area (Å²) in [5.41, 5.74) is -0.315. The molecule has 1 aromatic rings. The highest BCUT2D eigenvalue weighted by Gasteiger charge is 2.29. The molecule has 1 unspecified atom stereocenters. The van der Waals surface area contributed by atoms with Crippen LogP contribution in [0.1, 0.15) is 26.7 Å². The maximum Gasteiger partial charge on any atom is 0.251 e. The van der Waals surface area contributed by atoms with Gasteiger partial charge in [-0.1, -0.05) is 0 Å². The van der Waals surface area contributed by atoms with Gasteiger partial charge in [0.25, 0.3) is 5.95 Å². The van der Waals surface area contributed by atoms with E-state index in [1.807, 2.05) is 13.8 Å². The van der Waals surface area contributed by atoms with Crippen LogP contribution < -0.4 is 5.32 Å². The van der Waals surface area contributed by atoms with Crippen LogP contribution in [0.3, 0.4) is 0 Å². The largest absolute Gasteiger partial charge is 0.375 e. The van der Waals surface area contributed by atoms with Gasteiger partial charge in [-0.05, 0) is 26.7 Å². The molecule has 1 fully saturated rings. The summed E-state index contributed by atoms with van der Waals surface area (Å²) in [5.74, 6) is -3.73. The van der Waals surface area contributed by atoms with Crippen LogP contribution >= 0.6 is 0 Å². The van der Waals surface area contributed by atoms with Gasteiger partial charge in [0.2, 0.25) is 0 Å². The third-order valence-corrected chi connectivity index (χ3v) is 2.92. The molecule has 1 aromatic heterocycles. The van der Waals surface area contributed by atoms with Gasteiger partial charge in [-0.3, -0.25) is 0 Å². The normalized spacial score (nSPS) is 22.8. The molecule has 18 heavy (non-hydrogen) atoms. The highest BCUT2D eigenvalue weighted by atomic mass is 19.2. The molecule has 0 amide bonds. The highest BCUT2D eigenvalue weighted by Crippen LogP contribution is 2.26. The molecule has 1 N–H and O–H groups in total. The summed E-state index contributed by atoms with van der Waals surface area (Å²) < 4.78 is 44.6. The van der Waals surface area contributed by atoms with Crippen LogP contribution in [0.2, 0.25) is 0 Å². The van der Waals surface area contributed by atoms with Gasteiger partial charge in [0.1, 0.15) is 0 Å². The zero-order chi connectivity index (χ0) is 13.3. The lowest BCUT2D eigenvalue weighted by Crippen LogP contribution is -2.40. The van der Waals surface area contributed by atoms with Crippen LogP contribution in [-0.2, 0) is 4.74 Å². The number of nitrogens with one attached hydrogen (secondary N) is 1. The maximum atomic E-state index is 13.4. The molecule has 100 valence electrons. The van der Waals surface area contributed by atoms with E-state index in [9.17, 15) is 13.2 Å². The van der Waals surface area contributed by atoms with Crippen molar-refractivity contribution in [2.24, 2.45) is 0 Å². The Labute approximate surface area is 103 Å². The number of aromatic nitrogens is 1. The minimum atomic E-state index is -1.30. The first-order valence-electron chi connectivity index (χ1n) is 5.79. The Kier molecular flexibility index (Phi) is 3.47. The third-order valence-electron chi connectivity index (χ3n) is 2.92. The number of pyridine rings is 1. The Morgan fingerprint density at radius 1 is 1.33 bits per heavy atom. The molecule has 3 nitrogen and oxygen atoms in total. The van der Waals surface area contributed by atoms with Crippen molar-refractivity contribution in [3.63, 3.8) is 0 Å². The van der Waals surface area contributed by atoms with Crippen molar-refractivity contribution in [2.45, 2.75) is 38.3 Å². The van der Waals surface area contributed by atoms with E-state index in [-0.39, 0.29) is 17.5 Å². The van der Waals surface area contributed by atoms with Crippen LogP contribution in [0.25, 0.3) is 0 Å². The van der Waals surface area contributed by atoms with Crippen LogP contribution in [0.5, 0.6) is 0 Å². The predicted molar refractivity (Wildman–Crippen MR) is 60.8 cm³/mol. The number of ether oxygens (including phenoxy) is 1. The minimum absolute atomic E-state index is 0.0689. The Bertz CT molecular complexity index is 451. The van der Waals surface area contributed by atoms with Crippen LogP contribution in [0.15, 0.2) is 6.07 Å². The van der Waals surface area contributed by atoms with E-state index in [1.54, 1.807) is 0 Å². The smallest absolute Gasteiger partial charge is 0.251 e. The Balaban J connectivity index is 2.12. The topological polar surface area (TPSA) is 34.2 Å². The van der Waals surface area contributed by atoms with Crippen LogP contribution in [0, 0.1) is 17.6 Å². The first-order chi connectivity index (χ1) is 8.37. The molecule has 0 radical (unpaired) electrons. The van der Waals surface area contributed by atoms with Gasteiger partial charge in [-0.25, -0.2) is 8.78 Å². The molecule has 1 atom stereocenters. The van der Waals surface area contributed by atoms with Crippen molar-refractivity contribution in [3.05, 3.63) is 23.6 Å². The average molecular weight is 260 g/mol. The summed E-state index contributed by atoms with van der Waals surface area (Å²) >= 11 is 0. The summed E-state index contributed by atoms with van der Waals surface area (Å²) in [7, 11) is 0. The number of rotatable bonds is 2. The van der Waals surface area contributed by atoms with E-state index in [4.69, 9.17) is 4.74 Å². The van der Waals surface area contributed by atoms with Gasteiger partial charge in [-0.15, -0.1) is 0 Å². The second-order valence-electron chi connectivity index (χ2n) is 5.03. The van der Waals surface area contributed by atoms with Gasteiger partial charge in [0.15, 0.2) is 17.5 Å². The number of anilines is 1. The highest BCUT2D eigenvalue weighted by molar-refractivity contribution is 5.37. The molecular weight excluding hydrogens is 245 g/mol. The fourth-order valence-electron chi connectivity index (χ4n) is 2.09. The lowest BCUT2D eigenvalue weighted by atomic mass is 9.94. The second kappa shape index (κ2) is 4.76. The Morgan fingerprint density at radius 2 is 2.06 bits per heavy atom.